The van der Waals surface area contributed by atoms with Gasteiger partial charge in [0.05, 0.1) is 12.5 Å². The molecule has 0 spiro atoms. The molecular weight excluding hydrogens is 280 g/mol. The molecule has 0 aromatic heterocycles. The molecule has 7 heteroatoms. The summed E-state index contributed by atoms with van der Waals surface area (Å²) in [5.74, 6) is -2.27. The SMILES string of the molecule is CN(CC(=O)Nc1cc(F)cc(F)c1)C(=O)C1CCNC1. The summed E-state index contributed by atoms with van der Waals surface area (Å²) in [7, 11) is 1.53. The second-order valence-corrected chi connectivity index (χ2v) is 5.09. The van der Waals surface area contributed by atoms with Crippen molar-refractivity contribution in [3.05, 3.63) is 29.8 Å². The molecule has 0 radical (unpaired) electrons. The molecule has 2 rings (SSSR count). The fraction of sp³-hybridized carbons (Fsp3) is 0.429. The number of carbonyl (C=O) groups is 2. The fourth-order valence-corrected chi connectivity index (χ4v) is 2.30. The molecule has 114 valence electrons. The first-order valence-electron chi connectivity index (χ1n) is 6.67. The summed E-state index contributed by atoms with van der Waals surface area (Å²) in [5.41, 5.74) is 0.0286. The Kier molecular flexibility index (Phi) is 4.85. The molecule has 2 amide bonds. The Morgan fingerprint density at radius 3 is 2.57 bits per heavy atom. The molecule has 1 saturated heterocycles. The van der Waals surface area contributed by atoms with Crippen molar-refractivity contribution in [2.75, 3.05) is 32.0 Å². The lowest BCUT2D eigenvalue weighted by Crippen LogP contribution is -2.39. The van der Waals surface area contributed by atoms with Crippen LogP contribution in [0.25, 0.3) is 0 Å². The topological polar surface area (TPSA) is 61.4 Å². The number of likely N-dealkylation sites (N-methyl/N-ethyl adjacent to an activating group) is 1. The molecule has 0 saturated carbocycles. The van der Waals surface area contributed by atoms with Gasteiger partial charge in [0.2, 0.25) is 11.8 Å². The number of carbonyl (C=O) groups excluding carboxylic acids is 2. The number of nitrogens with one attached hydrogen (secondary N) is 2. The Bertz CT molecular complexity index is 525. The van der Waals surface area contributed by atoms with E-state index >= 15 is 0 Å². The smallest absolute Gasteiger partial charge is 0.243 e. The van der Waals surface area contributed by atoms with Crippen molar-refractivity contribution in [2.45, 2.75) is 6.42 Å². The van der Waals surface area contributed by atoms with Crippen LogP contribution in [0.1, 0.15) is 6.42 Å². The van der Waals surface area contributed by atoms with Gasteiger partial charge in [0, 0.05) is 25.3 Å². The van der Waals surface area contributed by atoms with Crippen molar-refractivity contribution in [3.63, 3.8) is 0 Å². The number of rotatable bonds is 4. The van der Waals surface area contributed by atoms with Crippen molar-refractivity contribution in [3.8, 4) is 0 Å². The van der Waals surface area contributed by atoms with E-state index in [1.165, 1.54) is 11.9 Å². The number of benzene rings is 1. The van der Waals surface area contributed by atoms with E-state index in [0.717, 1.165) is 31.2 Å². The molecule has 1 fully saturated rings. The number of hydrogen-bond donors (Lipinski definition) is 2. The fourth-order valence-electron chi connectivity index (χ4n) is 2.30. The van der Waals surface area contributed by atoms with Gasteiger partial charge in [-0.1, -0.05) is 0 Å². The van der Waals surface area contributed by atoms with Crippen LogP contribution in [0.15, 0.2) is 18.2 Å². The molecule has 1 unspecified atom stereocenters. The monoisotopic (exact) mass is 297 g/mol. The first-order chi connectivity index (χ1) is 9.95. The van der Waals surface area contributed by atoms with E-state index in [2.05, 4.69) is 10.6 Å². The first-order valence-corrected chi connectivity index (χ1v) is 6.67. The lowest BCUT2D eigenvalue weighted by atomic mass is 10.1. The molecule has 1 aliphatic heterocycles. The van der Waals surface area contributed by atoms with Gasteiger partial charge in [-0.3, -0.25) is 9.59 Å². The molecule has 1 atom stereocenters. The summed E-state index contributed by atoms with van der Waals surface area (Å²) < 4.78 is 26.0. The van der Waals surface area contributed by atoms with Crippen LogP contribution < -0.4 is 10.6 Å². The lowest BCUT2D eigenvalue weighted by molar-refractivity contribution is -0.136. The second-order valence-electron chi connectivity index (χ2n) is 5.09. The average Bonchev–Trinajstić information content (AvgIpc) is 2.89. The minimum Gasteiger partial charge on any atom is -0.336 e. The minimum atomic E-state index is -0.772. The van der Waals surface area contributed by atoms with Crippen LogP contribution in [0.3, 0.4) is 0 Å². The highest BCUT2D eigenvalue weighted by molar-refractivity contribution is 5.94. The van der Waals surface area contributed by atoms with E-state index in [1.54, 1.807) is 0 Å². The Labute approximate surface area is 121 Å². The van der Waals surface area contributed by atoms with E-state index in [4.69, 9.17) is 0 Å². The maximum absolute atomic E-state index is 13.0. The third-order valence-corrected chi connectivity index (χ3v) is 3.31. The third-order valence-electron chi connectivity index (χ3n) is 3.31. The van der Waals surface area contributed by atoms with Crippen molar-refractivity contribution in [2.24, 2.45) is 5.92 Å². The molecule has 1 aromatic carbocycles. The molecule has 0 bridgehead atoms. The Hall–Kier alpha value is -2.02. The molecule has 0 aliphatic carbocycles. The van der Waals surface area contributed by atoms with Crippen molar-refractivity contribution >= 4 is 17.5 Å². The summed E-state index contributed by atoms with van der Waals surface area (Å²) >= 11 is 0. The molecule has 1 heterocycles. The zero-order valence-electron chi connectivity index (χ0n) is 11.7. The highest BCUT2D eigenvalue weighted by Gasteiger charge is 2.26. The highest BCUT2D eigenvalue weighted by Crippen LogP contribution is 2.13. The summed E-state index contributed by atoms with van der Waals surface area (Å²) in [6.07, 6.45) is 0.750. The first kappa shape index (κ1) is 15.4. The molecule has 1 aromatic rings. The Balaban J connectivity index is 1.90. The van der Waals surface area contributed by atoms with Crippen molar-refractivity contribution < 1.29 is 18.4 Å². The van der Waals surface area contributed by atoms with Gasteiger partial charge in [-0.2, -0.15) is 0 Å². The van der Waals surface area contributed by atoms with Crippen molar-refractivity contribution in [1.82, 2.24) is 10.2 Å². The summed E-state index contributed by atoms with van der Waals surface area (Å²) in [4.78, 5) is 25.1. The van der Waals surface area contributed by atoms with E-state index in [9.17, 15) is 18.4 Å². The van der Waals surface area contributed by atoms with Crippen LogP contribution in [0.5, 0.6) is 0 Å². The molecule has 5 nitrogen and oxygen atoms in total. The maximum Gasteiger partial charge on any atom is 0.243 e. The average molecular weight is 297 g/mol. The van der Waals surface area contributed by atoms with Gasteiger partial charge in [0.25, 0.3) is 0 Å². The second kappa shape index (κ2) is 6.62. The normalized spacial score (nSPS) is 17.6. The predicted octanol–water partition coefficient (Wildman–Crippen LogP) is 0.971. The van der Waals surface area contributed by atoms with Crippen LogP contribution in [-0.4, -0.2) is 43.4 Å². The van der Waals surface area contributed by atoms with Crippen LogP contribution in [0.4, 0.5) is 14.5 Å². The molecule has 2 N–H and O–H groups in total. The number of hydrogen-bond acceptors (Lipinski definition) is 3. The quantitative estimate of drug-likeness (QED) is 0.870. The maximum atomic E-state index is 13.0. The van der Waals surface area contributed by atoms with Crippen LogP contribution in [0, 0.1) is 17.6 Å². The molecular formula is C14H17F2N3O2. The van der Waals surface area contributed by atoms with E-state index in [-0.39, 0.29) is 24.1 Å². The lowest BCUT2D eigenvalue weighted by Gasteiger charge is -2.20. The summed E-state index contributed by atoms with van der Waals surface area (Å²) in [5, 5.41) is 5.45. The highest BCUT2D eigenvalue weighted by atomic mass is 19.1. The predicted molar refractivity (Wildman–Crippen MR) is 73.6 cm³/mol. The van der Waals surface area contributed by atoms with Gasteiger partial charge < -0.3 is 15.5 Å². The summed E-state index contributed by atoms with van der Waals surface area (Å²) in [6, 6.07) is 2.76. The number of amides is 2. The summed E-state index contributed by atoms with van der Waals surface area (Å²) in [6.45, 7) is 1.24. The standard InChI is InChI=1S/C14H17F2N3O2/c1-19(14(21)9-2-3-17-7-9)8-13(20)18-12-5-10(15)4-11(16)6-12/h4-6,9,17H,2-3,7-8H2,1H3,(H,18,20). The van der Waals surface area contributed by atoms with Gasteiger partial charge >= 0.3 is 0 Å². The number of halogens is 2. The Morgan fingerprint density at radius 2 is 2.00 bits per heavy atom. The van der Waals surface area contributed by atoms with Crippen LogP contribution >= 0.6 is 0 Å². The van der Waals surface area contributed by atoms with Gasteiger partial charge in [-0.25, -0.2) is 8.78 Å². The third kappa shape index (κ3) is 4.22. The van der Waals surface area contributed by atoms with Crippen LogP contribution in [0.2, 0.25) is 0 Å². The van der Waals surface area contributed by atoms with Gasteiger partial charge in [0.15, 0.2) is 0 Å². The van der Waals surface area contributed by atoms with E-state index in [0.29, 0.717) is 6.54 Å². The molecule has 1 aliphatic rings. The zero-order chi connectivity index (χ0) is 15.4. The minimum absolute atomic E-state index is 0.0286. The van der Waals surface area contributed by atoms with Crippen molar-refractivity contribution in [1.29, 1.82) is 0 Å². The van der Waals surface area contributed by atoms with E-state index in [1.807, 2.05) is 0 Å². The molecule has 21 heavy (non-hydrogen) atoms. The Morgan fingerprint density at radius 1 is 1.33 bits per heavy atom. The zero-order valence-corrected chi connectivity index (χ0v) is 11.7. The van der Waals surface area contributed by atoms with Gasteiger partial charge in [0.1, 0.15) is 11.6 Å². The largest absolute Gasteiger partial charge is 0.336 e. The van der Waals surface area contributed by atoms with Crippen LogP contribution in [-0.2, 0) is 9.59 Å². The van der Waals surface area contributed by atoms with Gasteiger partial charge in [-0.15, -0.1) is 0 Å². The number of nitrogens with zero attached hydrogens (tertiary/aromatic N) is 1. The van der Waals surface area contributed by atoms with E-state index < -0.39 is 17.5 Å². The number of anilines is 1. The van der Waals surface area contributed by atoms with Gasteiger partial charge in [-0.05, 0) is 25.1 Å².